The summed E-state index contributed by atoms with van der Waals surface area (Å²) in [6, 6.07) is 3.79. The van der Waals surface area contributed by atoms with Crippen LogP contribution in [-0.2, 0) is 4.79 Å². The van der Waals surface area contributed by atoms with Gasteiger partial charge in [0.1, 0.15) is 6.07 Å². The zero-order chi connectivity index (χ0) is 13.7. The number of piperidine rings is 1. The van der Waals surface area contributed by atoms with Gasteiger partial charge in [-0.1, -0.05) is 0 Å². The number of nitriles is 1. The highest BCUT2D eigenvalue weighted by molar-refractivity contribution is 5.66. The largest absolute Gasteiger partial charge is 0.481 e. The highest BCUT2D eigenvalue weighted by Gasteiger charge is 2.22. The first-order valence-electron chi connectivity index (χ1n) is 6.39. The maximum atomic E-state index is 10.5. The van der Waals surface area contributed by atoms with Gasteiger partial charge in [0.15, 0.2) is 5.82 Å². The smallest absolute Gasteiger partial charge is 0.303 e. The van der Waals surface area contributed by atoms with Crippen LogP contribution in [0.5, 0.6) is 0 Å². The summed E-state index contributed by atoms with van der Waals surface area (Å²) in [7, 11) is 0. The maximum absolute atomic E-state index is 10.5. The quantitative estimate of drug-likeness (QED) is 0.880. The molecule has 0 saturated carbocycles. The van der Waals surface area contributed by atoms with Gasteiger partial charge in [0.25, 0.3) is 0 Å². The molecule has 100 valence electrons. The van der Waals surface area contributed by atoms with E-state index in [1.807, 2.05) is 0 Å². The topological polar surface area (TPSA) is 90.1 Å². The Morgan fingerprint density at radius 3 is 2.89 bits per heavy atom. The minimum atomic E-state index is -0.733. The van der Waals surface area contributed by atoms with E-state index in [-0.39, 0.29) is 6.42 Å². The Hall–Kier alpha value is -2.16. The predicted molar refractivity (Wildman–Crippen MR) is 68.6 cm³/mol. The molecule has 1 aromatic heterocycles. The van der Waals surface area contributed by atoms with Crippen LogP contribution in [0.15, 0.2) is 12.3 Å². The monoisotopic (exact) mass is 260 g/mol. The molecule has 0 radical (unpaired) electrons. The van der Waals surface area contributed by atoms with Crippen LogP contribution in [-0.4, -0.2) is 34.4 Å². The molecule has 1 aliphatic rings. The van der Waals surface area contributed by atoms with Gasteiger partial charge in [-0.25, -0.2) is 0 Å². The first-order chi connectivity index (χ1) is 9.20. The first-order valence-corrected chi connectivity index (χ1v) is 6.39. The van der Waals surface area contributed by atoms with Crippen LogP contribution < -0.4 is 4.90 Å². The second-order valence-corrected chi connectivity index (χ2v) is 4.74. The molecule has 1 aliphatic heterocycles. The predicted octanol–water partition coefficient (Wildman–Crippen LogP) is 1.43. The molecular formula is C13H16N4O2. The van der Waals surface area contributed by atoms with Crippen molar-refractivity contribution in [2.24, 2.45) is 5.92 Å². The Morgan fingerprint density at radius 2 is 2.26 bits per heavy atom. The van der Waals surface area contributed by atoms with Crippen LogP contribution in [0, 0.1) is 17.2 Å². The van der Waals surface area contributed by atoms with Crippen molar-refractivity contribution in [2.75, 3.05) is 18.0 Å². The number of anilines is 1. The molecule has 0 bridgehead atoms. The molecule has 0 spiro atoms. The first kappa shape index (κ1) is 13.3. The van der Waals surface area contributed by atoms with Crippen molar-refractivity contribution in [3.8, 4) is 6.07 Å². The van der Waals surface area contributed by atoms with E-state index in [1.54, 1.807) is 6.07 Å². The van der Waals surface area contributed by atoms with E-state index in [1.165, 1.54) is 6.20 Å². The summed E-state index contributed by atoms with van der Waals surface area (Å²) in [5.41, 5.74) is 0.541. The Bertz CT molecular complexity index is 490. The summed E-state index contributed by atoms with van der Waals surface area (Å²) in [5.74, 6) is 0.361. The van der Waals surface area contributed by atoms with E-state index >= 15 is 0 Å². The van der Waals surface area contributed by atoms with Gasteiger partial charge < -0.3 is 10.0 Å². The summed E-state index contributed by atoms with van der Waals surface area (Å²) >= 11 is 0. The molecule has 1 aromatic rings. The highest BCUT2D eigenvalue weighted by Crippen LogP contribution is 2.26. The van der Waals surface area contributed by atoms with Gasteiger partial charge in [-0.15, -0.1) is 5.10 Å². The van der Waals surface area contributed by atoms with Gasteiger partial charge in [-0.3, -0.25) is 4.79 Å². The van der Waals surface area contributed by atoms with E-state index in [4.69, 9.17) is 10.4 Å². The lowest BCUT2D eigenvalue weighted by Crippen LogP contribution is -2.35. The number of hydrogen-bond donors (Lipinski definition) is 1. The zero-order valence-electron chi connectivity index (χ0n) is 10.6. The molecule has 1 saturated heterocycles. The van der Waals surface area contributed by atoms with E-state index < -0.39 is 5.97 Å². The van der Waals surface area contributed by atoms with Crippen molar-refractivity contribution in [3.63, 3.8) is 0 Å². The zero-order valence-corrected chi connectivity index (χ0v) is 10.6. The number of carboxylic acids is 1. The molecule has 1 N–H and O–H groups in total. The number of hydrogen-bond acceptors (Lipinski definition) is 5. The average molecular weight is 260 g/mol. The number of rotatable bonds is 4. The molecule has 2 rings (SSSR count). The fourth-order valence-electron chi connectivity index (χ4n) is 2.41. The van der Waals surface area contributed by atoms with Gasteiger partial charge in [0.2, 0.25) is 0 Å². The molecule has 6 nitrogen and oxygen atoms in total. The second kappa shape index (κ2) is 6.14. The number of carboxylic acid groups (broad SMARTS) is 1. The van der Waals surface area contributed by atoms with Crippen molar-refractivity contribution >= 4 is 11.8 Å². The number of carbonyl (C=O) groups is 1. The SMILES string of the molecule is N#Cc1ccnnc1N1CCC(CCC(=O)O)CC1. The minimum Gasteiger partial charge on any atom is -0.481 e. The fraction of sp³-hybridized carbons (Fsp3) is 0.538. The van der Waals surface area contributed by atoms with Gasteiger partial charge in [0, 0.05) is 19.5 Å². The Kier molecular flexibility index (Phi) is 4.29. The van der Waals surface area contributed by atoms with Gasteiger partial charge >= 0.3 is 5.97 Å². The van der Waals surface area contributed by atoms with Crippen molar-refractivity contribution in [3.05, 3.63) is 17.8 Å². The fourth-order valence-corrected chi connectivity index (χ4v) is 2.41. The molecule has 0 atom stereocenters. The summed E-state index contributed by atoms with van der Waals surface area (Å²) in [6.45, 7) is 1.61. The summed E-state index contributed by atoms with van der Waals surface area (Å²) in [5, 5.41) is 25.6. The third kappa shape index (κ3) is 3.41. The average Bonchev–Trinajstić information content (AvgIpc) is 2.45. The normalized spacial score (nSPS) is 16.1. The molecule has 6 heteroatoms. The second-order valence-electron chi connectivity index (χ2n) is 4.74. The van der Waals surface area contributed by atoms with Crippen LogP contribution in [0.2, 0.25) is 0 Å². The van der Waals surface area contributed by atoms with Crippen molar-refractivity contribution in [1.29, 1.82) is 5.26 Å². The van der Waals surface area contributed by atoms with Gasteiger partial charge in [-0.05, 0) is 31.2 Å². The van der Waals surface area contributed by atoms with E-state index in [2.05, 4.69) is 21.2 Å². The van der Waals surface area contributed by atoms with E-state index in [0.29, 0.717) is 17.3 Å². The molecule has 2 heterocycles. The lowest BCUT2D eigenvalue weighted by molar-refractivity contribution is -0.137. The lowest BCUT2D eigenvalue weighted by Gasteiger charge is -2.32. The van der Waals surface area contributed by atoms with Crippen molar-refractivity contribution in [1.82, 2.24) is 10.2 Å². The molecule has 0 unspecified atom stereocenters. The third-order valence-electron chi connectivity index (χ3n) is 3.50. The number of nitrogens with zero attached hydrogens (tertiary/aromatic N) is 4. The molecular weight excluding hydrogens is 244 g/mol. The lowest BCUT2D eigenvalue weighted by atomic mass is 9.92. The Balaban J connectivity index is 1.93. The van der Waals surface area contributed by atoms with Crippen molar-refractivity contribution < 1.29 is 9.90 Å². The summed E-state index contributed by atoms with van der Waals surface area (Å²) in [4.78, 5) is 12.6. The molecule has 0 aliphatic carbocycles. The highest BCUT2D eigenvalue weighted by atomic mass is 16.4. The minimum absolute atomic E-state index is 0.235. The molecule has 0 amide bonds. The maximum Gasteiger partial charge on any atom is 0.303 e. The van der Waals surface area contributed by atoms with Gasteiger partial charge in [-0.2, -0.15) is 10.4 Å². The van der Waals surface area contributed by atoms with Crippen LogP contribution >= 0.6 is 0 Å². The summed E-state index contributed by atoms with van der Waals surface area (Å²) < 4.78 is 0. The Morgan fingerprint density at radius 1 is 1.53 bits per heavy atom. The number of aromatic nitrogens is 2. The third-order valence-corrected chi connectivity index (χ3v) is 3.50. The Labute approximate surface area is 111 Å². The van der Waals surface area contributed by atoms with Crippen LogP contribution in [0.1, 0.15) is 31.2 Å². The number of aliphatic carboxylic acids is 1. The van der Waals surface area contributed by atoms with Crippen LogP contribution in [0.4, 0.5) is 5.82 Å². The van der Waals surface area contributed by atoms with E-state index in [0.717, 1.165) is 32.4 Å². The van der Waals surface area contributed by atoms with Gasteiger partial charge in [0.05, 0.1) is 11.8 Å². The molecule has 1 fully saturated rings. The van der Waals surface area contributed by atoms with Crippen molar-refractivity contribution in [2.45, 2.75) is 25.7 Å². The summed E-state index contributed by atoms with van der Waals surface area (Å²) in [6.07, 6.45) is 4.36. The standard InChI is InChI=1S/C13H16N4O2/c14-9-11-3-6-15-16-13(11)17-7-4-10(5-8-17)1-2-12(18)19/h3,6,10H,1-2,4-5,7-8H2,(H,18,19). The van der Waals surface area contributed by atoms with E-state index in [9.17, 15) is 4.79 Å². The molecule has 0 aromatic carbocycles. The van der Waals surface area contributed by atoms with Crippen LogP contribution in [0.25, 0.3) is 0 Å². The van der Waals surface area contributed by atoms with Crippen LogP contribution in [0.3, 0.4) is 0 Å². The molecule has 19 heavy (non-hydrogen) atoms.